The average molecular weight is 126 g/mol. The Morgan fingerprint density at radius 1 is 0.778 bits per heavy atom. The Morgan fingerprint density at radius 2 is 1.11 bits per heavy atom. The first kappa shape index (κ1) is 7.11. The molecule has 1 saturated carbocycles. The summed E-state index contributed by atoms with van der Waals surface area (Å²) < 4.78 is 0. The first-order valence-corrected chi connectivity index (χ1v) is 4.13. The molecule has 0 spiro atoms. The van der Waals surface area contributed by atoms with Gasteiger partial charge in [0.05, 0.1) is 0 Å². The lowest BCUT2D eigenvalue weighted by Gasteiger charge is -2.14. The van der Waals surface area contributed by atoms with Gasteiger partial charge >= 0.3 is 0 Å². The van der Waals surface area contributed by atoms with Crippen LogP contribution < -0.4 is 0 Å². The second-order valence-corrected chi connectivity index (χ2v) is 3.91. The van der Waals surface area contributed by atoms with E-state index in [0.29, 0.717) is 0 Å². The molecule has 0 aliphatic heterocycles. The van der Waals surface area contributed by atoms with Crippen molar-refractivity contribution in [3.8, 4) is 0 Å². The van der Waals surface area contributed by atoms with Gasteiger partial charge in [-0.25, -0.2) is 0 Å². The summed E-state index contributed by atoms with van der Waals surface area (Å²) in [4.78, 5) is 0. The molecule has 0 heterocycles. The minimum atomic E-state index is 0.958. The molecule has 9 heavy (non-hydrogen) atoms. The van der Waals surface area contributed by atoms with Crippen LogP contribution in [0.25, 0.3) is 0 Å². The van der Waals surface area contributed by atoms with E-state index in [0.717, 1.165) is 23.7 Å². The zero-order valence-corrected chi connectivity index (χ0v) is 7.02. The van der Waals surface area contributed by atoms with Crippen molar-refractivity contribution < 1.29 is 0 Å². The van der Waals surface area contributed by atoms with Crippen molar-refractivity contribution in [3.05, 3.63) is 0 Å². The molecule has 4 atom stereocenters. The molecule has 54 valence electrons. The summed E-state index contributed by atoms with van der Waals surface area (Å²) in [6, 6.07) is 0. The van der Waals surface area contributed by atoms with Crippen molar-refractivity contribution in [2.24, 2.45) is 23.7 Å². The predicted molar refractivity (Wildman–Crippen MR) is 41.3 cm³/mol. The Bertz CT molecular complexity index is 84.2. The minimum absolute atomic E-state index is 0.958. The number of rotatable bonds is 0. The largest absolute Gasteiger partial charge is 0.0622 e. The Kier molecular flexibility index (Phi) is 1.83. The van der Waals surface area contributed by atoms with Crippen LogP contribution in [-0.2, 0) is 0 Å². The van der Waals surface area contributed by atoms with Crippen LogP contribution in [0.2, 0.25) is 0 Å². The fourth-order valence-corrected chi connectivity index (χ4v) is 2.05. The maximum absolute atomic E-state index is 2.39. The van der Waals surface area contributed by atoms with E-state index in [9.17, 15) is 0 Å². The van der Waals surface area contributed by atoms with Crippen LogP contribution in [0.1, 0.15) is 34.1 Å². The summed E-state index contributed by atoms with van der Waals surface area (Å²) in [7, 11) is 0. The maximum atomic E-state index is 2.39. The molecule has 0 nitrogen and oxygen atoms in total. The van der Waals surface area contributed by atoms with Crippen LogP contribution >= 0.6 is 0 Å². The quantitative estimate of drug-likeness (QED) is 0.468. The molecule has 0 aromatic carbocycles. The van der Waals surface area contributed by atoms with Gasteiger partial charge in [-0.05, 0) is 30.1 Å². The highest BCUT2D eigenvalue weighted by Gasteiger charge is 2.31. The summed E-state index contributed by atoms with van der Waals surface area (Å²) >= 11 is 0. The fourth-order valence-electron chi connectivity index (χ4n) is 2.05. The van der Waals surface area contributed by atoms with E-state index in [1.807, 2.05) is 0 Å². The molecule has 0 N–H and O–H groups in total. The summed E-state index contributed by atoms with van der Waals surface area (Å²) in [6.07, 6.45) is 1.45. The number of hydrogen-bond donors (Lipinski definition) is 0. The Hall–Kier alpha value is 0. The molecule has 1 aliphatic carbocycles. The van der Waals surface area contributed by atoms with Gasteiger partial charge in [-0.1, -0.05) is 27.7 Å². The molecule has 0 radical (unpaired) electrons. The molecule has 1 fully saturated rings. The van der Waals surface area contributed by atoms with Gasteiger partial charge in [0.2, 0.25) is 0 Å². The highest BCUT2D eigenvalue weighted by Crippen LogP contribution is 2.40. The zero-order valence-electron chi connectivity index (χ0n) is 7.02. The first-order chi connectivity index (χ1) is 4.13. The van der Waals surface area contributed by atoms with E-state index < -0.39 is 0 Å². The van der Waals surface area contributed by atoms with Crippen LogP contribution in [0.3, 0.4) is 0 Å². The Morgan fingerprint density at radius 3 is 1.22 bits per heavy atom. The van der Waals surface area contributed by atoms with Crippen LogP contribution in [-0.4, -0.2) is 0 Å². The summed E-state index contributed by atoms with van der Waals surface area (Å²) in [6.45, 7) is 9.53. The van der Waals surface area contributed by atoms with Crippen LogP contribution in [0.4, 0.5) is 0 Å². The fraction of sp³-hybridized carbons (Fsp3) is 1.00. The summed E-state index contributed by atoms with van der Waals surface area (Å²) in [5.74, 6) is 3.85. The molecule has 0 aromatic heterocycles. The van der Waals surface area contributed by atoms with Crippen LogP contribution in [0.15, 0.2) is 0 Å². The van der Waals surface area contributed by atoms with Gasteiger partial charge in [0, 0.05) is 0 Å². The molecule has 0 saturated heterocycles. The van der Waals surface area contributed by atoms with E-state index in [4.69, 9.17) is 0 Å². The van der Waals surface area contributed by atoms with Crippen molar-refractivity contribution >= 4 is 0 Å². The SMILES string of the molecule is C[C@@H]1[C@@H](C)[C@H](C)C[C@H]1C. The zero-order chi connectivity index (χ0) is 7.02. The predicted octanol–water partition coefficient (Wildman–Crippen LogP) is 2.93. The van der Waals surface area contributed by atoms with E-state index in [2.05, 4.69) is 27.7 Å². The molecule has 0 aromatic rings. The van der Waals surface area contributed by atoms with Gasteiger partial charge in [-0.15, -0.1) is 0 Å². The van der Waals surface area contributed by atoms with Crippen molar-refractivity contribution in [2.45, 2.75) is 34.1 Å². The van der Waals surface area contributed by atoms with Crippen molar-refractivity contribution in [2.75, 3.05) is 0 Å². The van der Waals surface area contributed by atoms with Gasteiger partial charge in [0.1, 0.15) is 0 Å². The highest BCUT2D eigenvalue weighted by molar-refractivity contribution is 4.81. The summed E-state index contributed by atoms with van der Waals surface area (Å²) in [5.41, 5.74) is 0. The lowest BCUT2D eigenvalue weighted by Crippen LogP contribution is -2.07. The lowest BCUT2D eigenvalue weighted by molar-refractivity contribution is 0.352. The molecule has 0 bridgehead atoms. The molecular formula is C9H18. The molecule has 0 amide bonds. The number of hydrogen-bond acceptors (Lipinski definition) is 0. The molecule has 0 heteroatoms. The maximum Gasteiger partial charge on any atom is -0.0389 e. The van der Waals surface area contributed by atoms with Crippen molar-refractivity contribution in [1.82, 2.24) is 0 Å². The van der Waals surface area contributed by atoms with Crippen molar-refractivity contribution in [3.63, 3.8) is 0 Å². The Balaban J connectivity index is 2.54. The lowest BCUT2D eigenvalue weighted by atomic mass is 9.92. The topological polar surface area (TPSA) is 0 Å². The average Bonchev–Trinajstić information content (AvgIpc) is 1.98. The standard InChI is InChI=1S/C9H18/c1-6-5-7(2)9(4)8(6)3/h6-9H,5H2,1-4H3/t6-,7-,8+,9+/m1/s1. The van der Waals surface area contributed by atoms with Gasteiger partial charge < -0.3 is 0 Å². The molecule has 1 rings (SSSR count). The molecule has 1 aliphatic rings. The van der Waals surface area contributed by atoms with E-state index in [-0.39, 0.29) is 0 Å². The van der Waals surface area contributed by atoms with Gasteiger partial charge in [-0.3, -0.25) is 0 Å². The second kappa shape index (κ2) is 2.32. The second-order valence-electron chi connectivity index (χ2n) is 3.91. The smallest absolute Gasteiger partial charge is 0.0389 e. The minimum Gasteiger partial charge on any atom is -0.0622 e. The third-order valence-electron chi connectivity index (χ3n) is 3.37. The molecule has 0 unspecified atom stereocenters. The van der Waals surface area contributed by atoms with Crippen LogP contribution in [0.5, 0.6) is 0 Å². The summed E-state index contributed by atoms with van der Waals surface area (Å²) in [5, 5.41) is 0. The van der Waals surface area contributed by atoms with Gasteiger partial charge in [0.25, 0.3) is 0 Å². The third-order valence-corrected chi connectivity index (χ3v) is 3.37. The van der Waals surface area contributed by atoms with Crippen LogP contribution in [0, 0.1) is 23.7 Å². The van der Waals surface area contributed by atoms with E-state index in [1.165, 1.54) is 6.42 Å². The van der Waals surface area contributed by atoms with E-state index in [1.54, 1.807) is 0 Å². The normalized spacial score (nSPS) is 52.0. The third kappa shape index (κ3) is 1.12. The molecular weight excluding hydrogens is 108 g/mol. The van der Waals surface area contributed by atoms with Gasteiger partial charge in [0.15, 0.2) is 0 Å². The Labute approximate surface area is 58.7 Å². The first-order valence-electron chi connectivity index (χ1n) is 4.13. The van der Waals surface area contributed by atoms with Gasteiger partial charge in [-0.2, -0.15) is 0 Å². The van der Waals surface area contributed by atoms with Crippen molar-refractivity contribution in [1.29, 1.82) is 0 Å². The monoisotopic (exact) mass is 126 g/mol. The highest BCUT2D eigenvalue weighted by atomic mass is 14.4. The van der Waals surface area contributed by atoms with E-state index >= 15 is 0 Å².